The first kappa shape index (κ1) is 17.8. The highest BCUT2D eigenvalue weighted by Gasteiger charge is 2.38. The number of amides is 2. The number of benzene rings is 2. The minimum Gasteiger partial charge on any atom is -0.497 e. The molecule has 2 aromatic rings. The molecule has 0 bridgehead atoms. The van der Waals surface area contributed by atoms with Crippen LogP contribution in [0.4, 0.5) is 5.69 Å². The van der Waals surface area contributed by atoms with Gasteiger partial charge in [-0.1, -0.05) is 18.2 Å². The van der Waals surface area contributed by atoms with Gasteiger partial charge in [-0.15, -0.1) is 0 Å². The Balaban J connectivity index is 2.03. The predicted molar refractivity (Wildman–Crippen MR) is 99.0 cm³/mol. The molecule has 0 saturated heterocycles. The van der Waals surface area contributed by atoms with Crippen LogP contribution in [-0.4, -0.2) is 38.6 Å². The number of nitrogens with one attached hydrogen (secondary N) is 1. The van der Waals surface area contributed by atoms with Crippen molar-refractivity contribution in [3.63, 3.8) is 0 Å². The monoisotopic (exact) mass is 354 g/mol. The zero-order valence-electron chi connectivity index (χ0n) is 15.1. The summed E-state index contributed by atoms with van der Waals surface area (Å²) < 4.78 is 10.5. The van der Waals surface area contributed by atoms with Crippen molar-refractivity contribution in [3.05, 3.63) is 53.6 Å². The van der Waals surface area contributed by atoms with Gasteiger partial charge in [0.1, 0.15) is 17.5 Å². The van der Waals surface area contributed by atoms with E-state index in [0.717, 1.165) is 11.3 Å². The molecule has 2 amide bonds. The third-order valence-corrected chi connectivity index (χ3v) is 4.45. The number of ether oxygens (including phenoxy) is 2. The summed E-state index contributed by atoms with van der Waals surface area (Å²) in [6.07, 6.45) is 0.495. The lowest BCUT2D eigenvalue weighted by atomic mass is 10.1. The summed E-state index contributed by atoms with van der Waals surface area (Å²) in [5, 5.41) is 2.82. The molecule has 1 aliphatic heterocycles. The summed E-state index contributed by atoms with van der Waals surface area (Å²) >= 11 is 0. The molecule has 1 aliphatic rings. The maximum Gasteiger partial charge on any atom is 0.259 e. The second-order valence-electron chi connectivity index (χ2n) is 6.02. The van der Waals surface area contributed by atoms with E-state index < -0.39 is 6.04 Å². The van der Waals surface area contributed by atoms with E-state index in [1.165, 1.54) is 14.2 Å². The van der Waals surface area contributed by atoms with Crippen LogP contribution in [0.2, 0.25) is 0 Å². The van der Waals surface area contributed by atoms with Crippen molar-refractivity contribution in [1.29, 1.82) is 0 Å². The number of nitrogens with zero attached hydrogens (tertiary/aromatic N) is 1. The first-order valence-electron chi connectivity index (χ1n) is 8.51. The fourth-order valence-corrected chi connectivity index (χ4v) is 3.21. The van der Waals surface area contributed by atoms with E-state index in [-0.39, 0.29) is 11.8 Å². The summed E-state index contributed by atoms with van der Waals surface area (Å²) in [6.45, 7) is 2.37. The molecule has 1 atom stereocenters. The van der Waals surface area contributed by atoms with Gasteiger partial charge < -0.3 is 14.8 Å². The third-order valence-electron chi connectivity index (χ3n) is 4.45. The fraction of sp³-hybridized carbons (Fsp3) is 0.300. The van der Waals surface area contributed by atoms with Crippen LogP contribution in [0.5, 0.6) is 11.5 Å². The normalized spacial score (nSPS) is 15.3. The first-order valence-corrected chi connectivity index (χ1v) is 8.51. The second-order valence-corrected chi connectivity index (χ2v) is 6.02. The highest BCUT2D eigenvalue weighted by Crippen LogP contribution is 2.34. The SMILES string of the molecule is CCNC(=O)C1Cc2ccccc2N1C(=O)c1cc(OC)cc(OC)c1. The highest BCUT2D eigenvalue weighted by molar-refractivity contribution is 6.12. The molecule has 1 N–H and O–H groups in total. The first-order chi connectivity index (χ1) is 12.6. The average molecular weight is 354 g/mol. The van der Waals surface area contributed by atoms with E-state index in [2.05, 4.69) is 5.32 Å². The van der Waals surface area contributed by atoms with Crippen LogP contribution >= 0.6 is 0 Å². The van der Waals surface area contributed by atoms with Crippen molar-refractivity contribution >= 4 is 17.5 Å². The van der Waals surface area contributed by atoms with Crippen LogP contribution in [0.15, 0.2) is 42.5 Å². The molecule has 0 saturated carbocycles. The molecule has 26 heavy (non-hydrogen) atoms. The van der Waals surface area contributed by atoms with Crippen LogP contribution in [-0.2, 0) is 11.2 Å². The average Bonchev–Trinajstić information content (AvgIpc) is 3.06. The van der Waals surface area contributed by atoms with Gasteiger partial charge in [0.25, 0.3) is 5.91 Å². The van der Waals surface area contributed by atoms with Gasteiger partial charge in [-0.3, -0.25) is 14.5 Å². The molecule has 136 valence electrons. The Hall–Kier alpha value is -3.02. The topological polar surface area (TPSA) is 67.9 Å². The van der Waals surface area contributed by atoms with Gasteiger partial charge in [-0.05, 0) is 30.7 Å². The molecule has 6 heteroatoms. The summed E-state index contributed by atoms with van der Waals surface area (Å²) in [4.78, 5) is 27.4. The number of hydrogen-bond donors (Lipinski definition) is 1. The zero-order chi connectivity index (χ0) is 18.7. The lowest BCUT2D eigenvalue weighted by Gasteiger charge is -2.25. The number of likely N-dealkylation sites (N-methyl/N-ethyl adjacent to an activating group) is 1. The number of carbonyl (C=O) groups is 2. The maximum atomic E-state index is 13.3. The zero-order valence-corrected chi connectivity index (χ0v) is 15.1. The van der Waals surface area contributed by atoms with Crippen LogP contribution in [0.25, 0.3) is 0 Å². The predicted octanol–water partition coefficient (Wildman–Crippen LogP) is 2.41. The number of para-hydroxylation sites is 1. The number of fused-ring (bicyclic) bond motifs is 1. The second kappa shape index (κ2) is 7.47. The molecule has 1 heterocycles. The van der Waals surface area contributed by atoms with E-state index in [1.807, 2.05) is 31.2 Å². The Morgan fingerprint density at radius 3 is 2.38 bits per heavy atom. The standard InChI is InChI=1S/C20H22N2O4/c1-4-21-19(23)18-11-13-7-5-6-8-17(13)22(18)20(24)14-9-15(25-2)12-16(10-14)26-3/h5-10,12,18H,4,11H2,1-3H3,(H,21,23). The molecule has 0 spiro atoms. The number of methoxy groups -OCH3 is 2. The Bertz CT molecular complexity index is 812. The minimum absolute atomic E-state index is 0.160. The summed E-state index contributed by atoms with van der Waals surface area (Å²) in [5.74, 6) is 0.625. The molecular weight excluding hydrogens is 332 g/mol. The Morgan fingerprint density at radius 2 is 1.77 bits per heavy atom. The molecule has 0 aromatic heterocycles. The van der Waals surface area contributed by atoms with Gasteiger partial charge >= 0.3 is 0 Å². The Kier molecular flexibility index (Phi) is 5.11. The van der Waals surface area contributed by atoms with Gasteiger partial charge in [0.05, 0.1) is 14.2 Å². The molecule has 3 rings (SSSR count). The van der Waals surface area contributed by atoms with Gasteiger partial charge in [-0.2, -0.15) is 0 Å². The van der Waals surface area contributed by atoms with Crippen molar-refractivity contribution in [2.45, 2.75) is 19.4 Å². The van der Waals surface area contributed by atoms with Crippen molar-refractivity contribution in [1.82, 2.24) is 5.32 Å². The van der Waals surface area contributed by atoms with E-state index >= 15 is 0 Å². The van der Waals surface area contributed by atoms with Gasteiger partial charge in [0.15, 0.2) is 0 Å². The minimum atomic E-state index is -0.572. The maximum absolute atomic E-state index is 13.3. The van der Waals surface area contributed by atoms with Crippen molar-refractivity contribution < 1.29 is 19.1 Å². The van der Waals surface area contributed by atoms with Crippen molar-refractivity contribution in [2.24, 2.45) is 0 Å². The van der Waals surface area contributed by atoms with Gasteiger partial charge in [0, 0.05) is 30.3 Å². The van der Waals surface area contributed by atoms with E-state index in [1.54, 1.807) is 23.1 Å². The Morgan fingerprint density at radius 1 is 1.12 bits per heavy atom. The number of rotatable bonds is 5. The number of anilines is 1. The number of hydrogen-bond acceptors (Lipinski definition) is 4. The largest absolute Gasteiger partial charge is 0.497 e. The lowest BCUT2D eigenvalue weighted by molar-refractivity contribution is -0.122. The summed E-state index contributed by atoms with van der Waals surface area (Å²) in [6, 6.07) is 12.0. The fourth-order valence-electron chi connectivity index (χ4n) is 3.21. The molecular formula is C20H22N2O4. The van der Waals surface area contributed by atoms with E-state index in [4.69, 9.17) is 9.47 Å². The van der Waals surface area contributed by atoms with E-state index in [9.17, 15) is 9.59 Å². The Labute approximate surface area is 152 Å². The smallest absolute Gasteiger partial charge is 0.259 e. The van der Waals surface area contributed by atoms with Gasteiger partial charge in [-0.25, -0.2) is 0 Å². The highest BCUT2D eigenvalue weighted by atomic mass is 16.5. The third kappa shape index (κ3) is 3.22. The van der Waals surface area contributed by atoms with Crippen LogP contribution < -0.4 is 19.7 Å². The lowest BCUT2D eigenvalue weighted by Crippen LogP contribution is -2.48. The van der Waals surface area contributed by atoms with E-state index in [0.29, 0.717) is 30.0 Å². The van der Waals surface area contributed by atoms with Crippen LogP contribution in [0.1, 0.15) is 22.8 Å². The molecule has 1 unspecified atom stereocenters. The number of carbonyl (C=O) groups excluding carboxylic acids is 2. The van der Waals surface area contributed by atoms with Crippen molar-refractivity contribution in [2.75, 3.05) is 25.7 Å². The molecule has 0 radical (unpaired) electrons. The molecule has 2 aromatic carbocycles. The van der Waals surface area contributed by atoms with Gasteiger partial charge in [0.2, 0.25) is 5.91 Å². The molecule has 0 aliphatic carbocycles. The van der Waals surface area contributed by atoms with Crippen LogP contribution in [0.3, 0.4) is 0 Å². The van der Waals surface area contributed by atoms with Crippen molar-refractivity contribution in [3.8, 4) is 11.5 Å². The van der Waals surface area contributed by atoms with Crippen LogP contribution in [0, 0.1) is 0 Å². The quantitative estimate of drug-likeness (QED) is 0.895. The molecule has 6 nitrogen and oxygen atoms in total. The summed E-state index contributed by atoms with van der Waals surface area (Å²) in [5.41, 5.74) is 2.15. The molecule has 0 fully saturated rings. The summed E-state index contributed by atoms with van der Waals surface area (Å²) in [7, 11) is 3.07.